The summed E-state index contributed by atoms with van der Waals surface area (Å²) in [5.41, 5.74) is 3.11. The third kappa shape index (κ3) is 7.62. The number of hydrogen-bond donors (Lipinski definition) is 2. The quantitative estimate of drug-likeness (QED) is 0.331. The zero-order valence-corrected chi connectivity index (χ0v) is 23.9. The van der Waals surface area contributed by atoms with Crippen molar-refractivity contribution in [1.29, 1.82) is 0 Å². The van der Waals surface area contributed by atoms with Crippen molar-refractivity contribution in [3.8, 4) is 5.75 Å². The second kappa shape index (κ2) is 12.1. The molecule has 0 spiro atoms. The first kappa shape index (κ1) is 29.3. The predicted octanol–water partition coefficient (Wildman–Crippen LogP) is 4.95. The predicted molar refractivity (Wildman–Crippen MR) is 151 cm³/mol. The van der Waals surface area contributed by atoms with Gasteiger partial charge >= 0.3 is 0 Å². The molecule has 0 aliphatic heterocycles. The van der Waals surface area contributed by atoms with Crippen LogP contribution in [0.2, 0.25) is 5.02 Å². The van der Waals surface area contributed by atoms with Gasteiger partial charge in [0.15, 0.2) is 0 Å². The van der Waals surface area contributed by atoms with Crippen LogP contribution < -0.4 is 19.1 Å². The molecule has 0 unspecified atom stereocenters. The van der Waals surface area contributed by atoms with Crippen LogP contribution in [0.5, 0.6) is 5.75 Å². The van der Waals surface area contributed by atoms with E-state index in [1.165, 1.54) is 41.7 Å². The van der Waals surface area contributed by atoms with Gasteiger partial charge in [0, 0.05) is 18.7 Å². The van der Waals surface area contributed by atoms with Gasteiger partial charge in [0.1, 0.15) is 5.75 Å². The van der Waals surface area contributed by atoms with Gasteiger partial charge in [0.2, 0.25) is 15.9 Å². The Hall–Kier alpha value is -3.28. The number of methoxy groups -OCH3 is 1. The molecule has 3 aromatic carbocycles. The molecule has 0 aliphatic carbocycles. The third-order valence-corrected chi connectivity index (χ3v) is 8.53. The van der Waals surface area contributed by atoms with Gasteiger partial charge in [-0.2, -0.15) is 0 Å². The van der Waals surface area contributed by atoms with Crippen molar-refractivity contribution in [3.63, 3.8) is 0 Å². The molecule has 0 aromatic heterocycles. The van der Waals surface area contributed by atoms with Gasteiger partial charge in [0.25, 0.3) is 10.0 Å². The molecular formula is C26H30ClN3O6S2. The molecule has 0 fully saturated rings. The SMILES string of the molecule is COc1ccc(N(CCCC(=O)Nc2ccc(S(=O)(=O)Nc3ccc(C)cc3C)cc2)S(C)(=O)=O)cc1Cl. The first-order valence-electron chi connectivity index (χ1n) is 11.6. The standard InChI is InChI=1S/C26H30ClN3O6S2/c1-18-7-13-24(19(2)16-18)29-38(34,35)22-11-8-20(9-12-22)28-26(31)6-5-15-30(37(4,32)33)21-10-14-25(36-3)23(27)17-21/h7-14,16-17,29H,5-6,15H2,1-4H3,(H,28,31). The number of halogens is 1. The summed E-state index contributed by atoms with van der Waals surface area (Å²) in [6, 6.07) is 15.9. The summed E-state index contributed by atoms with van der Waals surface area (Å²) in [6.07, 6.45) is 1.37. The van der Waals surface area contributed by atoms with Crippen molar-refractivity contribution in [2.45, 2.75) is 31.6 Å². The Kier molecular flexibility index (Phi) is 9.29. The summed E-state index contributed by atoms with van der Waals surface area (Å²) in [6.45, 7) is 3.82. The molecule has 0 saturated carbocycles. The molecule has 38 heavy (non-hydrogen) atoms. The summed E-state index contributed by atoms with van der Waals surface area (Å²) in [5.74, 6) is 0.0818. The van der Waals surface area contributed by atoms with Gasteiger partial charge in [-0.05, 0) is 74.4 Å². The lowest BCUT2D eigenvalue weighted by atomic mass is 10.1. The maximum Gasteiger partial charge on any atom is 0.261 e. The Labute approximate surface area is 228 Å². The molecule has 0 atom stereocenters. The largest absolute Gasteiger partial charge is 0.495 e. The Morgan fingerprint density at radius 2 is 1.66 bits per heavy atom. The lowest BCUT2D eigenvalue weighted by molar-refractivity contribution is -0.116. The van der Waals surface area contributed by atoms with Gasteiger partial charge in [-0.3, -0.25) is 13.8 Å². The van der Waals surface area contributed by atoms with E-state index in [4.69, 9.17) is 16.3 Å². The summed E-state index contributed by atoms with van der Waals surface area (Å²) in [7, 11) is -5.96. The first-order chi connectivity index (χ1) is 17.8. The molecule has 9 nitrogen and oxygen atoms in total. The van der Waals surface area contributed by atoms with E-state index in [0.717, 1.165) is 17.4 Å². The number of sulfonamides is 2. The number of amides is 1. The fraction of sp³-hybridized carbons (Fsp3) is 0.269. The van der Waals surface area contributed by atoms with Crippen LogP contribution in [0.3, 0.4) is 0 Å². The highest BCUT2D eigenvalue weighted by atomic mass is 35.5. The zero-order valence-electron chi connectivity index (χ0n) is 21.5. The van der Waals surface area contributed by atoms with E-state index in [-0.39, 0.29) is 35.2 Å². The monoisotopic (exact) mass is 579 g/mol. The highest BCUT2D eigenvalue weighted by Gasteiger charge is 2.19. The zero-order chi connectivity index (χ0) is 28.1. The van der Waals surface area contributed by atoms with Crippen molar-refractivity contribution in [1.82, 2.24) is 0 Å². The van der Waals surface area contributed by atoms with Crippen LogP contribution in [0, 0.1) is 13.8 Å². The van der Waals surface area contributed by atoms with E-state index in [2.05, 4.69) is 10.0 Å². The van der Waals surface area contributed by atoms with E-state index in [1.807, 2.05) is 26.0 Å². The first-order valence-corrected chi connectivity index (χ1v) is 15.3. The number of nitrogens with one attached hydrogen (secondary N) is 2. The molecule has 2 N–H and O–H groups in total. The van der Waals surface area contributed by atoms with Crippen molar-refractivity contribution in [2.75, 3.05) is 34.3 Å². The van der Waals surface area contributed by atoms with Crippen LogP contribution in [0.1, 0.15) is 24.0 Å². The average molecular weight is 580 g/mol. The summed E-state index contributed by atoms with van der Waals surface area (Å²) in [5, 5.41) is 2.97. The maximum absolute atomic E-state index is 12.8. The van der Waals surface area contributed by atoms with E-state index < -0.39 is 20.0 Å². The fourth-order valence-electron chi connectivity index (χ4n) is 3.75. The van der Waals surface area contributed by atoms with Crippen molar-refractivity contribution in [2.24, 2.45) is 0 Å². The topological polar surface area (TPSA) is 122 Å². The van der Waals surface area contributed by atoms with Gasteiger partial charge in [-0.15, -0.1) is 0 Å². The molecule has 0 aliphatic rings. The molecule has 0 radical (unpaired) electrons. The number of hydrogen-bond acceptors (Lipinski definition) is 6. The molecule has 0 saturated heterocycles. The summed E-state index contributed by atoms with van der Waals surface area (Å²) >= 11 is 6.14. The van der Waals surface area contributed by atoms with Crippen LogP contribution in [-0.2, 0) is 24.8 Å². The Morgan fingerprint density at radius 1 is 0.974 bits per heavy atom. The summed E-state index contributed by atoms with van der Waals surface area (Å²) < 4.78 is 59.0. The second-order valence-corrected chi connectivity index (χ2v) is 12.8. The third-order valence-electron chi connectivity index (χ3n) is 5.66. The maximum atomic E-state index is 12.8. The average Bonchev–Trinajstić information content (AvgIpc) is 2.83. The molecule has 3 rings (SSSR count). The van der Waals surface area contributed by atoms with Gasteiger partial charge in [0.05, 0.1) is 34.7 Å². The smallest absolute Gasteiger partial charge is 0.261 e. The number of anilines is 3. The lowest BCUT2D eigenvalue weighted by Gasteiger charge is -2.23. The van der Waals surface area contributed by atoms with E-state index in [9.17, 15) is 21.6 Å². The lowest BCUT2D eigenvalue weighted by Crippen LogP contribution is -2.31. The highest BCUT2D eigenvalue weighted by Crippen LogP contribution is 2.30. The fourth-order valence-corrected chi connectivity index (χ4v) is 6.09. The van der Waals surface area contributed by atoms with Crippen molar-refractivity contribution >= 4 is 54.6 Å². The molecular weight excluding hydrogens is 550 g/mol. The minimum absolute atomic E-state index is 0.0458. The second-order valence-electron chi connectivity index (χ2n) is 8.75. The Bertz CT molecular complexity index is 1530. The number of benzene rings is 3. The number of ether oxygens (including phenoxy) is 1. The number of rotatable bonds is 11. The van der Waals surface area contributed by atoms with Crippen LogP contribution in [-0.4, -0.2) is 42.7 Å². The highest BCUT2D eigenvalue weighted by molar-refractivity contribution is 7.92. The van der Waals surface area contributed by atoms with E-state index in [0.29, 0.717) is 22.8 Å². The molecule has 0 heterocycles. The van der Waals surface area contributed by atoms with Gasteiger partial charge < -0.3 is 10.1 Å². The van der Waals surface area contributed by atoms with Crippen molar-refractivity contribution < 1.29 is 26.4 Å². The van der Waals surface area contributed by atoms with Crippen LogP contribution in [0.15, 0.2) is 65.6 Å². The normalized spacial score (nSPS) is 11.6. The number of carbonyl (C=O) groups excluding carboxylic acids is 1. The minimum atomic E-state index is -3.81. The number of carbonyl (C=O) groups is 1. The van der Waals surface area contributed by atoms with Crippen LogP contribution >= 0.6 is 11.6 Å². The summed E-state index contributed by atoms with van der Waals surface area (Å²) in [4.78, 5) is 12.5. The van der Waals surface area contributed by atoms with E-state index >= 15 is 0 Å². The molecule has 1 amide bonds. The molecule has 204 valence electrons. The van der Waals surface area contributed by atoms with Crippen LogP contribution in [0.25, 0.3) is 0 Å². The van der Waals surface area contributed by atoms with Crippen molar-refractivity contribution in [3.05, 3.63) is 76.8 Å². The molecule has 3 aromatic rings. The van der Waals surface area contributed by atoms with E-state index in [1.54, 1.807) is 18.2 Å². The minimum Gasteiger partial charge on any atom is -0.495 e. The number of aryl methyl sites for hydroxylation is 2. The van der Waals surface area contributed by atoms with Gasteiger partial charge in [-0.25, -0.2) is 16.8 Å². The van der Waals surface area contributed by atoms with Gasteiger partial charge in [-0.1, -0.05) is 29.3 Å². The van der Waals surface area contributed by atoms with Crippen LogP contribution in [0.4, 0.5) is 17.1 Å². The molecule has 0 bridgehead atoms. The Balaban J connectivity index is 1.59. The number of nitrogens with zero attached hydrogens (tertiary/aromatic N) is 1. The Morgan fingerprint density at radius 3 is 2.24 bits per heavy atom. The molecule has 12 heteroatoms.